The molecule has 1 rings (SSSR count). The first-order valence-corrected chi connectivity index (χ1v) is 3.39. The van der Waals surface area contributed by atoms with E-state index in [1.165, 1.54) is 13.2 Å². The maximum Gasteiger partial charge on any atom is 0.354 e. The van der Waals surface area contributed by atoms with Crippen LogP contribution in [0.4, 0.5) is 0 Å². The Labute approximate surface area is 72.7 Å². The third-order valence-electron chi connectivity index (χ3n) is 1.19. The van der Waals surface area contributed by atoms with Gasteiger partial charge in [-0.05, 0) is 6.07 Å². The van der Waals surface area contributed by atoms with Gasteiger partial charge in [0.05, 0.1) is 12.7 Å². The first-order valence-electron chi connectivity index (χ1n) is 3.02. The summed E-state index contributed by atoms with van der Waals surface area (Å²) in [5.41, 5.74) is -0.564. The summed E-state index contributed by atoms with van der Waals surface area (Å²) >= 11 is 5.40. The maximum absolute atomic E-state index is 10.8. The molecule has 1 aromatic heterocycles. The molecule has 0 atom stereocenters. The van der Waals surface area contributed by atoms with E-state index in [2.05, 4.69) is 9.15 Å². The van der Waals surface area contributed by atoms with Crippen LogP contribution in [0.15, 0.2) is 21.5 Å². The molecule has 0 bridgehead atoms. The van der Waals surface area contributed by atoms with Crippen LogP contribution in [-0.4, -0.2) is 13.1 Å². The number of hydrogen-bond donors (Lipinski definition) is 0. The molecule has 4 nitrogen and oxygen atoms in total. The van der Waals surface area contributed by atoms with E-state index in [0.29, 0.717) is 0 Å². The highest BCUT2D eigenvalue weighted by molar-refractivity contribution is 6.30. The standard InChI is InChI=1S/C7H5ClO4/c1-11-6(9)4-2-5(8)7(10)12-3-4/h2-3H,1H3. The molecular weight excluding hydrogens is 184 g/mol. The Morgan fingerprint density at radius 3 is 2.83 bits per heavy atom. The monoisotopic (exact) mass is 188 g/mol. The Hall–Kier alpha value is -1.29. The summed E-state index contributed by atoms with van der Waals surface area (Å²) in [5, 5.41) is -0.141. The Morgan fingerprint density at radius 2 is 2.33 bits per heavy atom. The maximum atomic E-state index is 10.8. The molecular formula is C7H5ClO4. The molecule has 64 valence electrons. The predicted molar refractivity (Wildman–Crippen MR) is 41.3 cm³/mol. The Bertz CT molecular complexity index is 355. The highest BCUT2D eigenvalue weighted by atomic mass is 35.5. The molecule has 0 unspecified atom stereocenters. The molecule has 0 spiro atoms. The van der Waals surface area contributed by atoms with Crippen LogP contribution in [0.1, 0.15) is 10.4 Å². The van der Waals surface area contributed by atoms with Crippen molar-refractivity contribution in [2.75, 3.05) is 7.11 Å². The van der Waals surface area contributed by atoms with Crippen molar-refractivity contribution in [2.45, 2.75) is 0 Å². The fraction of sp³-hybridized carbons (Fsp3) is 0.143. The first-order chi connectivity index (χ1) is 5.65. The average Bonchev–Trinajstić information content (AvgIpc) is 2.08. The third kappa shape index (κ3) is 1.65. The second kappa shape index (κ2) is 3.40. The molecule has 0 aliphatic heterocycles. The van der Waals surface area contributed by atoms with E-state index in [1.54, 1.807) is 0 Å². The van der Waals surface area contributed by atoms with E-state index in [4.69, 9.17) is 11.6 Å². The number of esters is 1. The van der Waals surface area contributed by atoms with E-state index in [1.807, 2.05) is 0 Å². The van der Waals surface area contributed by atoms with Crippen LogP contribution in [0.3, 0.4) is 0 Å². The van der Waals surface area contributed by atoms with E-state index >= 15 is 0 Å². The summed E-state index contributed by atoms with van der Waals surface area (Å²) in [4.78, 5) is 21.5. The van der Waals surface area contributed by atoms with E-state index in [-0.39, 0.29) is 10.6 Å². The smallest absolute Gasteiger partial charge is 0.354 e. The van der Waals surface area contributed by atoms with Crippen molar-refractivity contribution in [1.29, 1.82) is 0 Å². The summed E-state index contributed by atoms with van der Waals surface area (Å²) in [7, 11) is 1.22. The molecule has 5 heteroatoms. The SMILES string of the molecule is COC(=O)c1coc(=O)c(Cl)c1. The fourth-order valence-electron chi connectivity index (χ4n) is 0.628. The Balaban J connectivity index is 3.13. The molecule has 1 aromatic rings. The summed E-state index contributed by atoms with van der Waals surface area (Å²) in [5.74, 6) is -0.597. The second-order valence-corrected chi connectivity index (χ2v) is 2.37. The normalized spacial score (nSPS) is 9.50. The van der Waals surface area contributed by atoms with Crippen molar-refractivity contribution in [2.24, 2.45) is 0 Å². The Kier molecular flexibility index (Phi) is 2.50. The van der Waals surface area contributed by atoms with Gasteiger partial charge >= 0.3 is 11.6 Å². The van der Waals surface area contributed by atoms with Crippen LogP contribution in [-0.2, 0) is 4.74 Å². The summed E-state index contributed by atoms with van der Waals surface area (Å²) < 4.78 is 8.80. The molecule has 0 amide bonds. The lowest BCUT2D eigenvalue weighted by molar-refractivity contribution is 0.0597. The van der Waals surface area contributed by atoms with Crippen molar-refractivity contribution in [3.63, 3.8) is 0 Å². The van der Waals surface area contributed by atoms with Gasteiger partial charge in [-0.1, -0.05) is 11.6 Å². The fourth-order valence-corrected chi connectivity index (χ4v) is 0.790. The number of halogens is 1. The van der Waals surface area contributed by atoms with Crippen molar-refractivity contribution >= 4 is 17.6 Å². The number of rotatable bonds is 1. The lowest BCUT2D eigenvalue weighted by atomic mass is 10.3. The van der Waals surface area contributed by atoms with Crippen molar-refractivity contribution in [1.82, 2.24) is 0 Å². The lowest BCUT2D eigenvalue weighted by Gasteiger charge is -1.96. The van der Waals surface area contributed by atoms with Gasteiger partial charge in [-0.15, -0.1) is 0 Å². The van der Waals surface area contributed by atoms with E-state index in [0.717, 1.165) is 6.26 Å². The van der Waals surface area contributed by atoms with Gasteiger partial charge in [0.25, 0.3) is 0 Å². The number of methoxy groups -OCH3 is 1. The summed E-state index contributed by atoms with van der Waals surface area (Å²) in [6.07, 6.45) is 1.00. The van der Waals surface area contributed by atoms with Gasteiger partial charge in [-0.3, -0.25) is 0 Å². The number of ether oxygens (including phenoxy) is 1. The first kappa shape index (κ1) is 8.80. The highest BCUT2D eigenvalue weighted by Crippen LogP contribution is 2.06. The minimum Gasteiger partial charge on any atom is -0.465 e. The largest absolute Gasteiger partial charge is 0.465 e. The zero-order valence-electron chi connectivity index (χ0n) is 6.17. The van der Waals surface area contributed by atoms with Crippen molar-refractivity contribution < 1.29 is 13.9 Å². The second-order valence-electron chi connectivity index (χ2n) is 1.96. The number of carbonyl (C=O) groups excluding carboxylic acids is 1. The predicted octanol–water partition coefficient (Wildman–Crippen LogP) is 1.08. The van der Waals surface area contributed by atoms with Crippen LogP contribution in [0.25, 0.3) is 0 Å². The molecule has 0 saturated heterocycles. The van der Waals surface area contributed by atoms with Gasteiger partial charge in [0.2, 0.25) is 0 Å². The van der Waals surface area contributed by atoms with E-state index < -0.39 is 11.6 Å². The molecule has 0 aromatic carbocycles. The molecule has 0 N–H and O–H groups in total. The van der Waals surface area contributed by atoms with Gasteiger partial charge in [0, 0.05) is 0 Å². The average molecular weight is 189 g/mol. The van der Waals surface area contributed by atoms with Crippen LogP contribution >= 0.6 is 11.6 Å². The van der Waals surface area contributed by atoms with Gasteiger partial charge in [-0.2, -0.15) is 0 Å². The Morgan fingerprint density at radius 1 is 1.67 bits per heavy atom. The third-order valence-corrected chi connectivity index (χ3v) is 1.45. The van der Waals surface area contributed by atoms with E-state index in [9.17, 15) is 9.59 Å². The number of hydrogen-bond acceptors (Lipinski definition) is 4. The molecule has 1 heterocycles. The van der Waals surface area contributed by atoms with Gasteiger partial charge in [0.15, 0.2) is 0 Å². The van der Waals surface area contributed by atoms with Gasteiger partial charge in [-0.25, -0.2) is 9.59 Å². The van der Waals surface area contributed by atoms with Crippen LogP contribution in [0.5, 0.6) is 0 Å². The van der Waals surface area contributed by atoms with Crippen LogP contribution in [0.2, 0.25) is 5.02 Å². The van der Waals surface area contributed by atoms with Crippen LogP contribution in [0, 0.1) is 0 Å². The minimum atomic E-state index is -0.677. The van der Waals surface area contributed by atoms with Crippen molar-refractivity contribution in [3.05, 3.63) is 33.3 Å². The minimum absolute atomic E-state index is 0.113. The molecule has 0 radical (unpaired) electrons. The number of carbonyl (C=O) groups is 1. The van der Waals surface area contributed by atoms with Crippen molar-refractivity contribution in [3.8, 4) is 0 Å². The topological polar surface area (TPSA) is 56.5 Å². The molecule has 0 saturated carbocycles. The zero-order valence-corrected chi connectivity index (χ0v) is 6.92. The molecule has 12 heavy (non-hydrogen) atoms. The molecule has 0 aliphatic rings. The van der Waals surface area contributed by atoms with Gasteiger partial charge in [0.1, 0.15) is 11.3 Å². The zero-order chi connectivity index (χ0) is 9.14. The summed E-state index contributed by atoms with van der Waals surface area (Å²) in [6, 6.07) is 1.19. The highest BCUT2D eigenvalue weighted by Gasteiger charge is 2.08. The van der Waals surface area contributed by atoms with Gasteiger partial charge < -0.3 is 9.15 Å². The molecule has 0 fully saturated rings. The summed E-state index contributed by atoms with van der Waals surface area (Å²) in [6.45, 7) is 0. The lowest BCUT2D eigenvalue weighted by Crippen LogP contribution is -2.05. The van der Waals surface area contributed by atoms with Crippen LogP contribution < -0.4 is 5.63 Å². The quantitative estimate of drug-likeness (QED) is 0.619. The molecule has 0 aliphatic carbocycles.